The van der Waals surface area contributed by atoms with E-state index >= 15 is 0 Å². The number of aromatic nitrogens is 3. The van der Waals surface area contributed by atoms with Gasteiger partial charge in [-0.1, -0.05) is 5.16 Å². The number of aliphatic imine (C=N–C) groups is 1. The summed E-state index contributed by atoms with van der Waals surface area (Å²) in [5.74, 6) is -0.344. The van der Waals surface area contributed by atoms with Crippen LogP contribution in [-0.2, 0) is 12.8 Å². The summed E-state index contributed by atoms with van der Waals surface area (Å²) < 4.78 is 18.4. The topological polar surface area (TPSA) is 96.4 Å². The van der Waals surface area contributed by atoms with Gasteiger partial charge in [0.25, 0.3) is 0 Å². The normalized spacial score (nSPS) is 11.6. The van der Waals surface area contributed by atoms with E-state index in [-0.39, 0.29) is 16.0 Å². The van der Waals surface area contributed by atoms with Gasteiger partial charge in [-0.15, -0.1) is 0 Å². The highest BCUT2D eigenvalue weighted by Gasteiger charge is 2.16. The lowest BCUT2D eigenvalue weighted by atomic mass is 10.1. The second-order valence-electron chi connectivity index (χ2n) is 5.09. The van der Waals surface area contributed by atoms with E-state index in [1.54, 1.807) is 12.4 Å². The monoisotopic (exact) mass is 405 g/mol. The summed E-state index contributed by atoms with van der Waals surface area (Å²) in [6, 6.07) is 8.03. The Morgan fingerprint density at radius 1 is 1.20 bits per heavy atom. The second kappa shape index (κ2) is 7.95. The second-order valence-corrected chi connectivity index (χ2v) is 5.94. The zero-order chi connectivity index (χ0) is 17.6. The minimum Gasteiger partial charge on any atom is -0.290 e. The fourth-order valence-corrected chi connectivity index (χ4v) is 2.54. The Bertz CT molecular complexity index is 885. The fraction of sp³-hybridized carbons (Fsp3) is 0.125. The first-order valence-corrected chi connectivity index (χ1v) is 8.11. The van der Waals surface area contributed by atoms with Gasteiger partial charge in [0.2, 0.25) is 0 Å². The van der Waals surface area contributed by atoms with Gasteiger partial charge in [0.1, 0.15) is 11.5 Å². The van der Waals surface area contributed by atoms with Crippen LogP contribution >= 0.6 is 15.9 Å². The molecule has 128 valence electrons. The van der Waals surface area contributed by atoms with Crippen LogP contribution < -0.4 is 5.48 Å². The van der Waals surface area contributed by atoms with E-state index in [4.69, 9.17) is 4.63 Å². The van der Waals surface area contributed by atoms with Crippen molar-refractivity contribution in [3.63, 3.8) is 0 Å². The van der Waals surface area contributed by atoms with E-state index in [0.29, 0.717) is 24.2 Å². The van der Waals surface area contributed by atoms with Crippen LogP contribution in [0.15, 0.2) is 56.8 Å². The molecule has 3 aromatic rings. The van der Waals surface area contributed by atoms with Crippen molar-refractivity contribution in [2.45, 2.75) is 12.8 Å². The summed E-state index contributed by atoms with van der Waals surface area (Å²) in [4.78, 5) is 8.19. The first-order valence-electron chi connectivity index (χ1n) is 7.32. The van der Waals surface area contributed by atoms with E-state index in [1.165, 1.54) is 18.2 Å². The molecule has 0 spiro atoms. The number of amidine groups is 1. The van der Waals surface area contributed by atoms with Gasteiger partial charge in [-0.3, -0.25) is 15.7 Å². The Morgan fingerprint density at radius 3 is 2.72 bits per heavy atom. The summed E-state index contributed by atoms with van der Waals surface area (Å²) in [6.07, 6.45) is 4.67. The number of hydrogen-bond donors (Lipinski definition) is 2. The van der Waals surface area contributed by atoms with Crippen molar-refractivity contribution in [2.75, 3.05) is 0 Å². The lowest BCUT2D eigenvalue weighted by Gasteiger charge is -2.04. The Morgan fingerprint density at radius 2 is 2.00 bits per heavy atom. The Kier molecular flexibility index (Phi) is 5.46. The molecule has 2 aromatic heterocycles. The fourth-order valence-electron chi connectivity index (χ4n) is 2.18. The van der Waals surface area contributed by atoms with Crippen molar-refractivity contribution in [1.29, 1.82) is 0 Å². The summed E-state index contributed by atoms with van der Waals surface area (Å²) >= 11 is 3.09. The number of hydrogen-bond acceptors (Lipinski definition) is 6. The van der Waals surface area contributed by atoms with Crippen molar-refractivity contribution in [2.24, 2.45) is 4.99 Å². The van der Waals surface area contributed by atoms with Crippen LogP contribution in [-0.4, -0.2) is 26.3 Å². The summed E-state index contributed by atoms with van der Waals surface area (Å²) in [5, 5.41) is 17.1. The van der Waals surface area contributed by atoms with Gasteiger partial charge in [-0.2, -0.15) is 0 Å². The molecule has 0 saturated heterocycles. The maximum absolute atomic E-state index is 13.3. The molecule has 9 heteroatoms. The number of rotatable bonds is 5. The molecule has 0 bridgehead atoms. The van der Waals surface area contributed by atoms with Crippen molar-refractivity contribution in [3.05, 3.63) is 70.0 Å². The molecule has 7 nitrogen and oxygen atoms in total. The molecule has 0 aliphatic rings. The number of aryl methyl sites for hydroxylation is 2. The molecule has 25 heavy (non-hydrogen) atoms. The van der Waals surface area contributed by atoms with Crippen LogP contribution in [0.2, 0.25) is 0 Å². The van der Waals surface area contributed by atoms with Crippen LogP contribution in [0, 0.1) is 5.82 Å². The van der Waals surface area contributed by atoms with E-state index < -0.39 is 5.82 Å². The summed E-state index contributed by atoms with van der Waals surface area (Å²) in [6.45, 7) is 0. The highest BCUT2D eigenvalue weighted by molar-refractivity contribution is 9.10. The third kappa shape index (κ3) is 4.25. The van der Waals surface area contributed by atoms with E-state index in [0.717, 1.165) is 5.56 Å². The number of nitrogens with one attached hydrogen (secondary N) is 1. The predicted octanol–water partition coefficient (Wildman–Crippen LogP) is 3.21. The van der Waals surface area contributed by atoms with Crippen LogP contribution in [0.1, 0.15) is 17.0 Å². The molecule has 2 N–H and O–H groups in total. The van der Waals surface area contributed by atoms with Gasteiger partial charge in [0.05, 0.1) is 10.2 Å². The Hall–Kier alpha value is -2.65. The molecule has 0 atom stereocenters. The molecule has 0 saturated carbocycles. The van der Waals surface area contributed by atoms with Crippen molar-refractivity contribution < 1.29 is 14.2 Å². The van der Waals surface area contributed by atoms with E-state index in [9.17, 15) is 9.60 Å². The molecule has 0 amide bonds. The maximum atomic E-state index is 13.3. The molecular weight excluding hydrogens is 393 g/mol. The van der Waals surface area contributed by atoms with Crippen molar-refractivity contribution in [3.8, 4) is 0 Å². The lowest BCUT2D eigenvalue weighted by molar-refractivity contribution is 0.234. The molecule has 2 heterocycles. The first kappa shape index (κ1) is 17.2. The van der Waals surface area contributed by atoms with Crippen LogP contribution in [0.3, 0.4) is 0 Å². The quantitative estimate of drug-likeness (QED) is 0.384. The smallest absolute Gasteiger partial charge is 0.181 e. The molecule has 0 fully saturated rings. The number of pyridine rings is 1. The predicted molar refractivity (Wildman–Crippen MR) is 91.2 cm³/mol. The molecule has 0 unspecified atom stereocenters. The highest BCUT2D eigenvalue weighted by atomic mass is 79.9. The number of benzene rings is 1. The Labute approximate surface area is 150 Å². The van der Waals surface area contributed by atoms with Crippen molar-refractivity contribution >= 4 is 27.5 Å². The average molecular weight is 406 g/mol. The van der Waals surface area contributed by atoms with Crippen LogP contribution in [0.4, 0.5) is 10.1 Å². The Balaban J connectivity index is 1.83. The lowest BCUT2D eigenvalue weighted by Crippen LogP contribution is -2.22. The average Bonchev–Trinajstić information content (AvgIpc) is 3.10. The molecule has 0 aliphatic carbocycles. The van der Waals surface area contributed by atoms with Gasteiger partial charge in [-0.05, 0) is 69.8 Å². The summed E-state index contributed by atoms with van der Waals surface area (Å²) in [7, 11) is 0. The third-order valence-electron chi connectivity index (χ3n) is 3.43. The molecule has 3 rings (SSSR count). The van der Waals surface area contributed by atoms with Gasteiger partial charge >= 0.3 is 0 Å². The number of nitrogens with zero attached hydrogens (tertiary/aromatic N) is 4. The zero-order valence-electron chi connectivity index (χ0n) is 12.9. The minimum atomic E-state index is -0.404. The highest BCUT2D eigenvalue weighted by Crippen LogP contribution is 2.23. The third-order valence-corrected chi connectivity index (χ3v) is 4.04. The van der Waals surface area contributed by atoms with Gasteiger partial charge in [0.15, 0.2) is 11.5 Å². The standard InChI is InChI=1S/C16H13BrFN5O2/c17-12-9-11(2-3-13(12)18)20-16(21-24)15-14(22-25-23-15)4-1-10-5-7-19-8-6-10/h2-3,5-9,24H,1,4H2,(H,20,21). The largest absolute Gasteiger partial charge is 0.290 e. The minimum absolute atomic E-state index is 0.0597. The summed E-state index contributed by atoms with van der Waals surface area (Å²) in [5.41, 5.74) is 4.33. The molecular formula is C16H13BrFN5O2. The molecule has 1 aromatic carbocycles. The molecule has 0 radical (unpaired) electrons. The van der Waals surface area contributed by atoms with Gasteiger partial charge in [0, 0.05) is 12.4 Å². The van der Waals surface area contributed by atoms with Crippen LogP contribution in [0.25, 0.3) is 0 Å². The first-order chi connectivity index (χ1) is 12.2. The molecule has 0 aliphatic heterocycles. The maximum Gasteiger partial charge on any atom is 0.181 e. The van der Waals surface area contributed by atoms with E-state index in [2.05, 4.69) is 36.2 Å². The number of halogens is 2. The van der Waals surface area contributed by atoms with E-state index in [1.807, 2.05) is 17.6 Å². The van der Waals surface area contributed by atoms with Crippen LogP contribution in [0.5, 0.6) is 0 Å². The number of hydroxylamine groups is 1. The SMILES string of the molecule is ONC(=Nc1ccc(F)c(Br)c1)c1nonc1CCc1ccncc1. The van der Waals surface area contributed by atoms with Gasteiger partial charge < -0.3 is 0 Å². The van der Waals surface area contributed by atoms with Crippen molar-refractivity contribution in [1.82, 2.24) is 20.8 Å². The van der Waals surface area contributed by atoms with Gasteiger partial charge in [-0.25, -0.2) is 14.0 Å². The zero-order valence-corrected chi connectivity index (χ0v) is 14.4.